The summed E-state index contributed by atoms with van der Waals surface area (Å²) >= 11 is 0. The van der Waals surface area contributed by atoms with Crippen molar-refractivity contribution in [3.8, 4) is 0 Å². The van der Waals surface area contributed by atoms with E-state index < -0.39 is 37.0 Å². The number of carbonyl (C=O) groups is 1. The molecule has 92 valence electrons. The van der Waals surface area contributed by atoms with E-state index in [1.807, 2.05) is 0 Å². The van der Waals surface area contributed by atoms with Crippen LogP contribution in [0.1, 0.15) is 0 Å². The number of aliphatic hydroxyl groups is 5. The van der Waals surface area contributed by atoms with E-state index in [2.05, 4.69) is 0 Å². The summed E-state index contributed by atoms with van der Waals surface area (Å²) in [6.45, 7) is -0.843. The predicted molar refractivity (Wildman–Crippen MR) is 42.4 cm³/mol. The number of hydrogen-bond acceptors (Lipinski definition) is 6. The normalized spacial score (nSPS) is 17.7. The van der Waals surface area contributed by atoms with E-state index in [-0.39, 0.29) is 22.5 Å². The number of aliphatic hydroxyl groups excluding tert-OH is 5. The number of carboxylic acid groups (broad SMARTS) is 1. The van der Waals surface area contributed by atoms with Gasteiger partial charge >= 0.3 is 23.0 Å². The zero-order valence-electron chi connectivity index (χ0n) is 7.46. The topological polar surface area (TPSA) is 170 Å². The molecule has 9 heteroatoms. The van der Waals surface area contributed by atoms with E-state index in [1.54, 1.807) is 0 Å². The van der Waals surface area contributed by atoms with Gasteiger partial charge in [-0.3, -0.25) is 0 Å². The predicted octanol–water partition coefficient (Wildman–Crippen LogP) is -4.32. The second-order valence-electron chi connectivity index (χ2n) is 2.51. The Labute approximate surface area is 95.6 Å². The van der Waals surface area contributed by atoms with Crippen molar-refractivity contribution in [1.82, 2.24) is 0 Å². The van der Waals surface area contributed by atoms with Crippen molar-refractivity contribution >= 4 is 5.97 Å². The number of rotatable bonds is 5. The van der Waals surface area contributed by atoms with Crippen molar-refractivity contribution in [2.75, 3.05) is 6.61 Å². The van der Waals surface area contributed by atoms with E-state index in [1.165, 1.54) is 0 Å². The zero-order valence-corrected chi connectivity index (χ0v) is 8.57. The van der Waals surface area contributed by atoms with Gasteiger partial charge in [-0.05, 0) is 0 Å². The molecule has 0 aromatic heterocycles. The van der Waals surface area contributed by atoms with Crippen molar-refractivity contribution in [3.05, 3.63) is 0 Å². The number of carboxylic acids is 1. The summed E-state index contributed by atoms with van der Waals surface area (Å²) in [4.78, 5) is 10.1. The van der Waals surface area contributed by atoms with Gasteiger partial charge in [0.25, 0.3) is 0 Å². The number of hydrogen-bond donors (Lipinski definition) is 6. The van der Waals surface area contributed by atoms with Crippen LogP contribution < -0.4 is 0 Å². The third kappa shape index (κ3) is 6.02. The van der Waals surface area contributed by atoms with Gasteiger partial charge in [0, 0.05) is 0 Å². The van der Waals surface area contributed by atoms with Crippen LogP contribution in [0, 0.1) is 0 Å². The molecule has 0 heterocycles. The summed E-state index contributed by atoms with van der Waals surface area (Å²) < 4.78 is 0. The fourth-order valence-electron chi connectivity index (χ4n) is 0.668. The largest absolute Gasteiger partial charge is 2.00 e. The van der Waals surface area contributed by atoms with Crippen LogP contribution in [-0.2, 0) is 21.9 Å². The molecule has 4 atom stereocenters. The van der Waals surface area contributed by atoms with Crippen molar-refractivity contribution in [3.63, 3.8) is 0 Å². The maximum absolute atomic E-state index is 10.1. The first kappa shape index (κ1) is 20.2. The van der Waals surface area contributed by atoms with Crippen molar-refractivity contribution in [2.24, 2.45) is 0 Å². The first-order valence-corrected chi connectivity index (χ1v) is 3.47. The molecule has 0 spiro atoms. The fraction of sp³-hybridized carbons (Fsp3) is 0.833. The fourth-order valence-corrected chi connectivity index (χ4v) is 0.668. The SMILES string of the molecule is O.O=C(O)[C@H](O)[C@@H](O)[C@H](O)[C@H](O)CO.[Fe+2]. The summed E-state index contributed by atoms with van der Waals surface area (Å²) in [7, 11) is 0. The molecule has 0 saturated carbocycles. The summed E-state index contributed by atoms with van der Waals surface area (Å²) in [5.74, 6) is -1.73. The molecular weight excluding hydrogens is 256 g/mol. The van der Waals surface area contributed by atoms with Crippen LogP contribution in [0.3, 0.4) is 0 Å². The first-order chi connectivity index (χ1) is 5.91. The molecule has 0 rings (SSSR count). The molecule has 0 bridgehead atoms. The molecule has 0 unspecified atom stereocenters. The van der Waals surface area contributed by atoms with Crippen LogP contribution in [-0.4, -0.2) is 73.1 Å². The van der Waals surface area contributed by atoms with E-state index in [9.17, 15) is 4.79 Å². The molecule has 0 amide bonds. The van der Waals surface area contributed by atoms with Gasteiger partial charge in [0.15, 0.2) is 6.10 Å². The van der Waals surface area contributed by atoms with Crippen molar-refractivity contribution in [2.45, 2.75) is 24.4 Å². The Balaban J connectivity index is -0.000000720. The number of aliphatic carboxylic acids is 1. The van der Waals surface area contributed by atoms with Crippen LogP contribution in [0.2, 0.25) is 0 Å². The van der Waals surface area contributed by atoms with Crippen LogP contribution in [0.25, 0.3) is 0 Å². The second kappa shape index (κ2) is 9.01. The minimum absolute atomic E-state index is 0. The molecule has 0 radical (unpaired) electrons. The molecule has 0 aromatic carbocycles. The Hall–Kier alpha value is -0.251. The van der Waals surface area contributed by atoms with Crippen molar-refractivity contribution in [1.29, 1.82) is 0 Å². The smallest absolute Gasteiger partial charge is 0.479 e. The maximum atomic E-state index is 10.1. The van der Waals surface area contributed by atoms with E-state index >= 15 is 0 Å². The van der Waals surface area contributed by atoms with Crippen molar-refractivity contribution < 1.29 is 58.0 Å². The Kier molecular flexibility index (Phi) is 12.1. The minimum Gasteiger partial charge on any atom is -0.479 e. The molecule has 0 aliphatic heterocycles. The molecule has 8 N–H and O–H groups in total. The third-order valence-electron chi connectivity index (χ3n) is 1.51. The Morgan fingerprint density at radius 2 is 1.47 bits per heavy atom. The summed E-state index contributed by atoms with van der Waals surface area (Å²) in [5, 5.41) is 51.8. The molecular formula is C6H14FeO8+2. The van der Waals surface area contributed by atoms with Gasteiger partial charge in [-0.25, -0.2) is 4.79 Å². The molecule has 0 saturated heterocycles. The third-order valence-corrected chi connectivity index (χ3v) is 1.51. The summed E-state index contributed by atoms with van der Waals surface area (Å²) in [6, 6.07) is 0. The van der Waals surface area contributed by atoms with Crippen LogP contribution in [0.15, 0.2) is 0 Å². The molecule has 0 aliphatic carbocycles. The van der Waals surface area contributed by atoms with Gasteiger partial charge < -0.3 is 36.1 Å². The molecule has 0 fully saturated rings. The Bertz CT molecular complexity index is 177. The van der Waals surface area contributed by atoms with Gasteiger partial charge in [0.1, 0.15) is 18.3 Å². The average molecular weight is 270 g/mol. The molecule has 0 aromatic rings. The van der Waals surface area contributed by atoms with Gasteiger partial charge in [0.05, 0.1) is 6.61 Å². The quantitative estimate of drug-likeness (QED) is 0.274. The summed E-state index contributed by atoms with van der Waals surface area (Å²) in [6.07, 6.45) is -7.84. The first-order valence-electron chi connectivity index (χ1n) is 3.47. The Morgan fingerprint density at radius 1 is 1.07 bits per heavy atom. The van der Waals surface area contributed by atoms with E-state index in [0.29, 0.717) is 0 Å². The second-order valence-corrected chi connectivity index (χ2v) is 2.51. The summed E-state index contributed by atoms with van der Waals surface area (Å²) in [5.41, 5.74) is 0. The van der Waals surface area contributed by atoms with Gasteiger partial charge in [-0.2, -0.15) is 0 Å². The maximum Gasteiger partial charge on any atom is 2.00 e. The Morgan fingerprint density at radius 3 is 1.73 bits per heavy atom. The minimum atomic E-state index is -2.20. The van der Waals surface area contributed by atoms with Gasteiger partial charge in [0.2, 0.25) is 0 Å². The van der Waals surface area contributed by atoms with Crippen LogP contribution in [0.5, 0.6) is 0 Å². The molecule has 15 heavy (non-hydrogen) atoms. The molecule has 8 nitrogen and oxygen atoms in total. The monoisotopic (exact) mass is 270 g/mol. The zero-order chi connectivity index (χ0) is 10.6. The van der Waals surface area contributed by atoms with Crippen LogP contribution in [0.4, 0.5) is 0 Å². The van der Waals surface area contributed by atoms with E-state index in [4.69, 9.17) is 30.6 Å². The average Bonchev–Trinajstić information content (AvgIpc) is 2.12. The standard InChI is InChI=1S/C6H12O7.Fe.H2O/c7-1-2(8)3(9)4(10)5(11)6(12)13;;/h2-5,7-11H,1H2,(H,12,13);;1H2/q;+2;/t2-,3-,4+,5-;;/m1../s1. The van der Waals surface area contributed by atoms with Gasteiger partial charge in [-0.1, -0.05) is 0 Å². The molecule has 0 aliphatic rings. The van der Waals surface area contributed by atoms with Crippen LogP contribution >= 0.6 is 0 Å². The van der Waals surface area contributed by atoms with E-state index in [0.717, 1.165) is 0 Å². The van der Waals surface area contributed by atoms with Gasteiger partial charge in [-0.15, -0.1) is 0 Å².